The summed E-state index contributed by atoms with van der Waals surface area (Å²) in [6, 6.07) is 35.0. The summed E-state index contributed by atoms with van der Waals surface area (Å²) in [7, 11) is 0. The Balaban J connectivity index is 0.000000221. The van der Waals surface area contributed by atoms with Gasteiger partial charge < -0.3 is 9.40 Å². The molecule has 8 aromatic rings. The van der Waals surface area contributed by atoms with Crippen molar-refractivity contribution in [2.75, 3.05) is 0 Å². The van der Waals surface area contributed by atoms with Gasteiger partial charge in [0.1, 0.15) is 5.58 Å². The standard InChI is InChI=1S/C29H18NO.C16H20GeN.Ir/c1-3-8-20(9-4-1)22-14-15-24-25-12-7-13-26(29(25)31-28(24)19-22)27-18-23(16-17-30-27)21-10-5-2-6-11-21;1-12-6-8-14(9-7-12)16-10-13(2)15(11-18-16)17(3,4)5;/h1-12,14-19H;6-8,10-11H,1-5H3;/q2*-1;/i2D,5D,6D,10D,11D;1D3;. The van der Waals surface area contributed by atoms with Crippen LogP contribution in [0.25, 0.3) is 66.7 Å². The summed E-state index contributed by atoms with van der Waals surface area (Å²) in [6.07, 6.45) is 3.55. The third kappa shape index (κ3) is 7.59. The van der Waals surface area contributed by atoms with Crippen molar-refractivity contribution < 1.29 is 35.5 Å². The van der Waals surface area contributed by atoms with Crippen LogP contribution in [0.15, 0.2) is 144 Å². The molecule has 0 aliphatic heterocycles. The largest absolute Gasteiger partial charge is 0.501 e. The first-order valence-corrected chi connectivity index (χ1v) is 23.3. The van der Waals surface area contributed by atoms with Gasteiger partial charge in [0.25, 0.3) is 0 Å². The van der Waals surface area contributed by atoms with Gasteiger partial charge >= 0.3 is 117 Å². The van der Waals surface area contributed by atoms with Crippen molar-refractivity contribution in [1.82, 2.24) is 9.97 Å². The number of rotatable bonds is 5. The van der Waals surface area contributed by atoms with E-state index in [0.717, 1.165) is 38.7 Å². The van der Waals surface area contributed by atoms with E-state index in [-0.39, 0.29) is 49.8 Å². The molecule has 0 amide bonds. The molecule has 8 rings (SSSR count). The van der Waals surface area contributed by atoms with E-state index < -0.39 is 26.2 Å². The molecule has 0 atom stereocenters. The Hall–Kier alpha value is -4.61. The zero-order valence-corrected chi connectivity index (χ0v) is 32.5. The second-order valence-electron chi connectivity index (χ2n) is 12.8. The monoisotopic (exact) mass is 897 g/mol. The Kier molecular flexibility index (Phi) is 7.92. The second kappa shape index (κ2) is 15.1. The minimum Gasteiger partial charge on any atom is -0.501 e. The molecule has 249 valence electrons. The van der Waals surface area contributed by atoms with Crippen LogP contribution in [0.1, 0.15) is 22.1 Å². The molecular weight excluding hydrogens is 849 g/mol. The van der Waals surface area contributed by atoms with Crippen molar-refractivity contribution in [3.8, 4) is 44.8 Å². The van der Waals surface area contributed by atoms with E-state index in [0.29, 0.717) is 28.0 Å². The minimum atomic E-state index is -2.08. The average Bonchev–Trinajstić information content (AvgIpc) is 3.57. The Morgan fingerprint density at radius 2 is 1.54 bits per heavy atom. The van der Waals surface area contributed by atoms with Crippen LogP contribution in [0.3, 0.4) is 0 Å². The van der Waals surface area contributed by atoms with Crippen molar-refractivity contribution in [3.05, 3.63) is 163 Å². The molecule has 0 bridgehead atoms. The Morgan fingerprint density at radius 1 is 0.740 bits per heavy atom. The fourth-order valence-corrected chi connectivity index (χ4v) is 9.51. The maximum atomic E-state index is 8.32. The predicted molar refractivity (Wildman–Crippen MR) is 208 cm³/mol. The van der Waals surface area contributed by atoms with Crippen LogP contribution in [0.4, 0.5) is 0 Å². The van der Waals surface area contributed by atoms with Crippen molar-refractivity contribution in [3.63, 3.8) is 0 Å². The van der Waals surface area contributed by atoms with Gasteiger partial charge in [0.15, 0.2) is 0 Å². The fourth-order valence-electron chi connectivity index (χ4n) is 5.93. The van der Waals surface area contributed by atoms with Gasteiger partial charge in [-0.05, 0) is 40.1 Å². The molecule has 0 N–H and O–H groups in total. The number of aryl methyl sites for hydroxylation is 2. The minimum absolute atomic E-state index is 0. The molecule has 3 aromatic heterocycles. The number of benzene rings is 5. The molecule has 0 unspecified atom stereocenters. The molecule has 3 nitrogen and oxygen atoms in total. The van der Waals surface area contributed by atoms with Gasteiger partial charge in [-0.25, -0.2) is 0 Å². The van der Waals surface area contributed by atoms with Gasteiger partial charge in [0.2, 0.25) is 0 Å². The number of pyridine rings is 2. The van der Waals surface area contributed by atoms with E-state index in [1.54, 1.807) is 30.5 Å². The van der Waals surface area contributed by atoms with Crippen LogP contribution in [-0.4, -0.2) is 23.2 Å². The summed E-state index contributed by atoms with van der Waals surface area (Å²) in [5.74, 6) is 7.04. The van der Waals surface area contributed by atoms with Crippen LogP contribution in [0.2, 0.25) is 17.3 Å². The smallest absolute Gasteiger partial charge is 0.121 e. The van der Waals surface area contributed by atoms with Gasteiger partial charge in [-0.2, -0.15) is 0 Å². The van der Waals surface area contributed by atoms with E-state index in [2.05, 4.69) is 70.6 Å². The number of furan rings is 1. The second-order valence-corrected chi connectivity index (χ2v) is 23.4. The number of nitrogens with zero attached hydrogens (tertiary/aromatic N) is 2. The molecule has 0 fully saturated rings. The molecule has 50 heavy (non-hydrogen) atoms. The molecule has 1 radical (unpaired) electrons. The molecule has 0 aliphatic rings. The van der Waals surface area contributed by atoms with Crippen molar-refractivity contribution in [2.24, 2.45) is 0 Å². The quantitative estimate of drug-likeness (QED) is 0.128. The first kappa shape index (κ1) is 26.2. The Bertz CT molecular complexity index is 2750. The molecule has 0 saturated carbocycles. The molecule has 0 spiro atoms. The third-order valence-electron chi connectivity index (χ3n) is 8.35. The molecule has 0 saturated heterocycles. The predicted octanol–water partition coefficient (Wildman–Crippen LogP) is 11.5. The van der Waals surface area contributed by atoms with Gasteiger partial charge in [-0.15, -0.1) is 18.2 Å². The van der Waals surface area contributed by atoms with Crippen molar-refractivity contribution in [2.45, 2.75) is 31.0 Å². The summed E-state index contributed by atoms with van der Waals surface area (Å²) >= 11 is -1.89. The molecule has 5 aromatic carbocycles. The third-order valence-corrected chi connectivity index (χ3v) is 12.8. The maximum Gasteiger partial charge on any atom is 0.121 e. The van der Waals surface area contributed by atoms with Gasteiger partial charge in [0.05, 0.1) is 12.4 Å². The average molecular weight is 896 g/mol. The molecule has 3 heterocycles. The Labute approximate surface area is 322 Å². The summed E-state index contributed by atoms with van der Waals surface area (Å²) in [5.41, 5.74) is 8.56. The topological polar surface area (TPSA) is 38.9 Å². The number of hydrogen-bond donors (Lipinski definition) is 0. The first-order valence-electron chi connectivity index (χ1n) is 20.0. The Morgan fingerprint density at radius 3 is 2.26 bits per heavy atom. The summed E-state index contributed by atoms with van der Waals surface area (Å²) in [5, 5.41) is 1.90. The van der Waals surface area contributed by atoms with Crippen LogP contribution >= 0.6 is 0 Å². The molecule has 0 aliphatic carbocycles. The summed E-state index contributed by atoms with van der Waals surface area (Å²) in [6.45, 7) is 0.0375. The number of fused-ring (bicyclic) bond motifs is 3. The maximum absolute atomic E-state index is 8.32. The summed E-state index contributed by atoms with van der Waals surface area (Å²) in [4.78, 5) is 9.04. The fraction of sp³-hybridized carbons (Fsp3) is 0.111. The molecule has 5 heteroatoms. The van der Waals surface area contributed by atoms with Crippen LogP contribution in [0.5, 0.6) is 0 Å². The van der Waals surface area contributed by atoms with Gasteiger partial charge in [0, 0.05) is 31.7 Å². The normalized spacial score (nSPS) is 13.7. The van der Waals surface area contributed by atoms with E-state index in [1.165, 1.54) is 16.0 Å². The first-order chi connectivity index (χ1) is 27.0. The SMILES string of the molecule is [2H]C([2H])([2H])c1c[c-]c(-c2cc(C)[c]([Ge]([CH3])([CH3])[CH3])cn2)cc1.[2H]c1c([2H])c([2H])c(-c2ccnc(-c3[c-]ccc4c3oc3cc(-c5ccccc5)ccc34)c2)c([2H])c1[2H].[Ir]. The van der Waals surface area contributed by atoms with Crippen molar-refractivity contribution >= 4 is 39.6 Å². The van der Waals surface area contributed by atoms with Crippen molar-refractivity contribution in [1.29, 1.82) is 0 Å². The zero-order valence-electron chi connectivity index (χ0n) is 36.0. The van der Waals surface area contributed by atoms with Crippen LogP contribution in [-0.2, 0) is 20.1 Å². The van der Waals surface area contributed by atoms with Gasteiger partial charge in [-0.3, -0.25) is 0 Å². The van der Waals surface area contributed by atoms with E-state index in [4.69, 9.17) is 15.4 Å². The molecular formula is C45H38GeIrN2O-2. The van der Waals surface area contributed by atoms with Crippen LogP contribution in [0, 0.1) is 25.9 Å². The summed E-state index contributed by atoms with van der Waals surface area (Å²) < 4.78 is 70.4. The number of aromatic nitrogens is 2. The van der Waals surface area contributed by atoms with Crippen LogP contribution < -0.4 is 4.40 Å². The number of hydrogen-bond acceptors (Lipinski definition) is 3. The van der Waals surface area contributed by atoms with E-state index in [9.17, 15) is 0 Å². The zero-order chi connectivity index (χ0) is 40.8. The van der Waals surface area contributed by atoms with Gasteiger partial charge in [-0.1, -0.05) is 89.7 Å². The van der Waals surface area contributed by atoms with E-state index in [1.807, 2.05) is 48.7 Å². The van der Waals surface area contributed by atoms with E-state index >= 15 is 0 Å².